The first-order valence-corrected chi connectivity index (χ1v) is 14.0. The van der Waals surface area contributed by atoms with Crippen molar-refractivity contribution in [2.75, 3.05) is 19.9 Å². The molecule has 0 aliphatic carbocycles. The fraction of sp³-hybridized carbons (Fsp3) is 0.516. The Hall–Kier alpha value is -3.23. The van der Waals surface area contributed by atoms with Crippen LogP contribution in [0.3, 0.4) is 0 Å². The highest BCUT2D eigenvalue weighted by Gasteiger charge is 2.56. The van der Waals surface area contributed by atoms with Gasteiger partial charge < -0.3 is 28.6 Å². The smallest absolute Gasteiger partial charge is 0.348 e. The average Bonchev–Trinajstić information content (AvgIpc) is 3.49. The monoisotopic (exact) mass is 537 g/mol. The molecule has 0 amide bonds. The third-order valence-electron chi connectivity index (χ3n) is 8.63. The Kier molecular flexibility index (Phi) is 9.75. The Morgan fingerprint density at radius 2 is 1.46 bits per heavy atom. The molecule has 3 fully saturated rings. The van der Waals surface area contributed by atoms with Crippen LogP contribution in [-0.4, -0.2) is 61.0 Å². The molecular formula is C31H39NO7. The minimum absolute atomic E-state index is 0.127. The van der Waals surface area contributed by atoms with E-state index in [1.807, 2.05) is 67.6 Å². The summed E-state index contributed by atoms with van der Waals surface area (Å²) in [5.74, 6) is -0.782. The van der Waals surface area contributed by atoms with E-state index >= 15 is 0 Å². The van der Waals surface area contributed by atoms with E-state index in [9.17, 15) is 9.59 Å². The number of hydrogen-bond acceptors (Lipinski definition) is 7. The van der Waals surface area contributed by atoms with Gasteiger partial charge in [-0.1, -0.05) is 67.6 Å². The predicted molar refractivity (Wildman–Crippen MR) is 142 cm³/mol. The van der Waals surface area contributed by atoms with E-state index in [1.54, 1.807) is 0 Å². The van der Waals surface area contributed by atoms with Gasteiger partial charge in [-0.3, -0.25) is 4.79 Å². The normalized spacial score (nSPS) is 22.9. The van der Waals surface area contributed by atoms with Crippen molar-refractivity contribution < 1.29 is 38.2 Å². The Labute approximate surface area is 230 Å². The molecule has 5 rings (SSSR count). The number of ether oxygens (including phenoxy) is 3. The van der Waals surface area contributed by atoms with Crippen LogP contribution in [0.25, 0.3) is 0 Å². The first-order valence-electron chi connectivity index (χ1n) is 14.0. The zero-order valence-corrected chi connectivity index (χ0v) is 22.7. The van der Waals surface area contributed by atoms with Gasteiger partial charge in [-0.15, -0.1) is 0 Å². The van der Waals surface area contributed by atoms with E-state index in [2.05, 4.69) is 0 Å². The van der Waals surface area contributed by atoms with Crippen LogP contribution in [0, 0.1) is 0 Å². The fourth-order valence-electron chi connectivity index (χ4n) is 6.97. The summed E-state index contributed by atoms with van der Waals surface area (Å²) in [5.41, 5.74) is -0.199. The molecule has 2 aromatic rings. The highest BCUT2D eigenvalue weighted by molar-refractivity contribution is 5.86. The van der Waals surface area contributed by atoms with Crippen LogP contribution in [0.5, 0.6) is 0 Å². The number of rotatable bonds is 9. The molecular weight excluding hydrogens is 498 g/mol. The Morgan fingerprint density at radius 1 is 0.949 bits per heavy atom. The topological polar surface area (TPSA) is 102 Å². The van der Waals surface area contributed by atoms with Crippen LogP contribution in [0.4, 0.5) is 0 Å². The molecule has 0 N–H and O–H groups in total. The van der Waals surface area contributed by atoms with Gasteiger partial charge in [0, 0.05) is 51.4 Å². The molecule has 3 saturated heterocycles. The maximum absolute atomic E-state index is 14.2. The van der Waals surface area contributed by atoms with Gasteiger partial charge in [-0.25, -0.2) is 4.79 Å². The summed E-state index contributed by atoms with van der Waals surface area (Å²) in [5, 5.41) is 8.25. The Balaban J connectivity index is 0.00000112. The van der Waals surface area contributed by atoms with E-state index in [0.29, 0.717) is 36.1 Å². The highest BCUT2D eigenvalue weighted by atomic mass is 16.7. The molecule has 3 aliphatic heterocycles. The zero-order valence-electron chi connectivity index (χ0n) is 22.7. The van der Waals surface area contributed by atoms with Crippen molar-refractivity contribution in [1.82, 2.24) is 0 Å². The quantitative estimate of drug-likeness (QED) is 0.209. The number of nitrogens with zero attached hydrogens (tertiary/aromatic N) is 1. The summed E-state index contributed by atoms with van der Waals surface area (Å²) in [6.45, 7) is 3.65. The fourth-order valence-corrected chi connectivity index (χ4v) is 6.97. The molecule has 2 bridgehead atoms. The van der Waals surface area contributed by atoms with Crippen LogP contribution >= 0.6 is 0 Å². The standard InChI is InChI=1S/C30H38NO5.CH2O2/c1-2-11-28(32)34-22-35-30(23-12-5-3-6-13-23,24-14-7-4-8-15-24)29(33)36-27-20-25-16-17-26(21-27)31(25)18-9-10-19-31;2-1-3/h3-8,12-15,25-27H,2,9-11,16-22H2,1H3;1H,(H,2,3)/q+1;/p-1. The molecule has 2 atom stereocenters. The first kappa shape index (κ1) is 28.8. The first-order chi connectivity index (χ1) is 19.0. The van der Waals surface area contributed by atoms with Crippen LogP contribution in [0.1, 0.15) is 69.4 Å². The lowest BCUT2D eigenvalue weighted by Gasteiger charge is -2.47. The molecule has 1 spiro atoms. The lowest BCUT2D eigenvalue weighted by molar-refractivity contribution is -0.956. The number of benzene rings is 2. The van der Waals surface area contributed by atoms with Gasteiger partial charge in [0.05, 0.1) is 25.2 Å². The van der Waals surface area contributed by atoms with E-state index in [1.165, 1.54) is 43.3 Å². The highest BCUT2D eigenvalue weighted by Crippen LogP contribution is 2.47. The molecule has 0 aromatic heterocycles. The average molecular weight is 538 g/mol. The predicted octanol–water partition coefficient (Wildman–Crippen LogP) is 3.46. The SMILES string of the molecule is CCCC(=O)OCOC(C(=O)OC1CC2CCC(C1)[N+]21CCCC1)(c1ccccc1)c1ccccc1.O=C[O-]. The van der Waals surface area contributed by atoms with Crippen LogP contribution < -0.4 is 5.11 Å². The number of esters is 2. The number of quaternary nitrogens is 1. The van der Waals surface area contributed by atoms with Crippen LogP contribution in [-0.2, 0) is 34.2 Å². The molecule has 8 nitrogen and oxygen atoms in total. The third-order valence-corrected chi connectivity index (χ3v) is 8.63. The van der Waals surface area contributed by atoms with E-state index in [0.717, 1.165) is 12.8 Å². The van der Waals surface area contributed by atoms with E-state index in [4.69, 9.17) is 24.1 Å². The second kappa shape index (κ2) is 13.2. The summed E-state index contributed by atoms with van der Waals surface area (Å²) in [6, 6.07) is 20.0. The molecule has 2 unspecified atom stereocenters. The van der Waals surface area contributed by atoms with Crippen molar-refractivity contribution in [3.8, 4) is 0 Å². The number of carboxylic acid groups (broad SMARTS) is 1. The van der Waals surface area contributed by atoms with Crippen molar-refractivity contribution in [3.05, 3.63) is 71.8 Å². The van der Waals surface area contributed by atoms with Gasteiger partial charge in [-0.05, 0) is 17.5 Å². The number of carbonyl (C=O) groups is 3. The van der Waals surface area contributed by atoms with Gasteiger partial charge in [0.25, 0.3) is 0 Å². The van der Waals surface area contributed by atoms with Crippen molar-refractivity contribution in [1.29, 1.82) is 0 Å². The molecule has 2 aromatic carbocycles. The van der Waals surface area contributed by atoms with Gasteiger partial charge in [-0.2, -0.15) is 0 Å². The molecule has 8 heteroatoms. The van der Waals surface area contributed by atoms with E-state index in [-0.39, 0.29) is 18.9 Å². The maximum atomic E-state index is 14.2. The van der Waals surface area contributed by atoms with Gasteiger partial charge in [0.15, 0.2) is 6.79 Å². The minimum atomic E-state index is -1.52. The van der Waals surface area contributed by atoms with Gasteiger partial charge in [0.1, 0.15) is 6.10 Å². The molecule has 0 saturated carbocycles. The summed E-state index contributed by atoms with van der Waals surface area (Å²) < 4.78 is 19.2. The Morgan fingerprint density at radius 3 is 1.95 bits per heavy atom. The number of hydrogen-bond donors (Lipinski definition) is 0. The second-order valence-corrected chi connectivity index (χ2v) is 10.7. The second-order valence-electron chi connectivity index (χ2n) is 10.7. The summed E-state index contributed by atoms with van der Waals surface area (Å²) in [7, 11) is 0. The molecule has 3 heterocycles. The molecule has 210 valence electrons. The van der Waals surface area contributed by atoms with E-state index < -0.39 is 18.0 Å². The van der Waals surface area contributed by atoms with Crippen LogP contribution in [0.15, 0.2) is 60.7 Å². The lowest BCUT2D eigenvalue weighted by Crippen LogP contribution is -2.60. The minimum Gasteiger partial charge on any atom is -0.554 e. The van der Waals surface area contributed by atoms with Gasteiger partial charge >= 0.3 is 11.9 Å². The maximum Gasteiger partial charge on any atom is 0.348 e. The van der Waals surface area contributed by atoms with Crippen molar-refractivity contribution in [3.63, 3.8) is 0 Å². The van der Waals surface area contributed by atoms with Crippen LogP contribution in [0.2, 0.25) is 0 Å². The molecule has 0 radical (unpaired) electrons. The third kappa shape index (κ3) is 6.02. The summed E-state index contributed by atoms with van der Waals surface area (Å²) in [6.07, 6.45) is 7.77. The zero-order chi connectivity index (χ0) is 27.7. The lowest BCUT2D eigenvalue weighted by atomic mass is 9.85. The summed E-state index contributed by atoms with van der Waals surface area (Å²) >= 11 is 0. The number of piperidine rings is 1. The van der Waals surface area contributed by atoms with Crippen molar-refractivity contribution in [2.45, 2.75) is 82.1 Å². The molecule has 3 aliphatic rings. The van der Waals surface area contributed by atoms with Crippen molar-refractivity contribution in [2.24, 2.45) is 0 Å². The van der Waals surface area contributed by atoms with Crippen molar-refractivity contribution >= 4 is 18.4 Å². The van der Waals surface area contributed by atoms with Gasteiger partial charge in [0.2, 0.25) is 5.60 Å². The largest absolute Gasteiger partial charge is 0.554 e. The molecule has 39 heavy (non-hydrogen) atoms. The number of carbonyl (C=O) groups excluding carboxylic acids is 3. The summed E-state index contributed by atoms with van der Waals surface area (Å²) in [4.78, 5) is 34.5. The Bertz CT molecular complexity index is 1030.